The van der Waals surface area contributed by atoms with Crippen molar-refractivity contribution in [1.29, 1.82) is 0 Å². The fourth-order valence-electron chi connectivity index (χ4n) is 3.45. The number of halogens is 1. The van der Waals surface area contributed by atoms with Gasteiger partial charge in [-0.1, -0.05) is 12.1 Å². The zero-order valence-electron chi connectivity index (χ0n) is 11.9. The third-order valence-corrected chi connectivity index (χ3v) is 5.26. The van der Waals surface area contributed by atoms with Gasteiger partial charge in [0.25, 0.3) is 0 Å². The van der Waals surface area contributed by atoms with Gasteiger partial charge in [0.2, 0.25) is 0 Å². The maximum absolute atomic E-state index is 3.88. The quantitative estimate of drug-likeness (QED) is 0.839. The Morgan fingerprint density at radius 3 is 2.42 bits per heavy atom. The first kappa shape index (κ1) is 13.2. The summed E-state index contributed by atoms with van der Waals surface area (Å²) in [7, 11) is 2.22. The molecule has 0 spiro atoms. The summed E-state index contributed by atoms with van der Waals surface area (Å²) in [5.74, 6) is 0.673. The van der Waals surface area contributed by atoms with E-state index >= 15 is 0 Å². The maximum Gasteiger partial charge on any atom is 0.0524 e. The second-order valence-electron chi connectivity index (χ2n) is 5.71. The molecule has 1 saturated heterocycles. The van der Waals surface area contributed by atoms with Crippen LogP contribution in [0, 0.1) is 13.8 Å². The van der Waals surface area contributed by atoms with Gasteiger partial charge in [0.1, 0.15) is 0 Å². The van der Waals surface area contributed by atoms with Crippen molar-refractivity contribution < 1.29 is 0 Å². The van der Waals surface area contributed by atoms with Crippen LogP contribution in [0.15, 0.2) is 16.6 Å². The zero-order chi connectivity index (χ0) is 13.6. The van der Waals surface area contributed by atoms with Crippen LogP contribution < -0.4 is 5.32 Å². The fraction of sp³-hybridized carbons (Fsp3) is 0.500. The molecule has 0 radical (unpaired) electrons. The molecule has 0 saturated carbocycles. The van der Waals surface area contributed by atoms with Crippen LogP contribution >= 0.6 is 15.9 Å². The summed E-state index contributed by atoms with van der Waals surface area (Å²) < 4.78 is 3.73. The number of fused-ring (bicyclic) bond motifs is 1. The molecule has 0 bridgehead atoms. The summed E-state index contributed by atoms with van der Waals surface area (Å²) in [6, 6.07) is 4.46. The van der Waals surface area contributed by atoms with Gasteiger partial charge in [-0.2, -0.15) is 0 Å². The first-order valence-electron chi connectivity index (χ1n) is 7.06. The minimum absolute atomic E-state index is 0.673. The van der Waals surface area contributed by atoms with Gasteiger partial charge in [-0.15, -0.1) is 0 Å². The number of piperidine rings is 1. The van der Waals surface area contributed by atoms with Crippen molar-refractivity contribution in [2.45, 2.75) is 32.6 Å². The molecule has 3 heteroatoms. The molecule has 1 aliphatic heterocycles. The number of aromatic nitrogens is 1. The second-order valence-corrected chi connectivity index (χ2v) is 6.50. The third kappa shape index (κ3) is 2.03. The number of nitrogens with zero attached hydrogens (tertiary/aromatic N) is 1. The Balaban J connectivity index is 2.25. The molecule has 0 atom stereocenters. The van der Waals surface area contributed by atoms with E-state index < -0.39 is 0 Å². The van der Waals surface area contributed by atoms with Crippen molar-refractivity contribution in [3.8, 4) is 0 Å². The van der Waals surface area contributed by atoms with Crippen molar-refractivity contribution in [3.05, 3.63) is 33.4 Å². The lowest BCUT2D eigenvalue weighted by Gasteiger charge is -2.24. The lowest BCUT2D eigenvalue weighted by Crippen LogP contribution is -2.27. The van der Waals surface area contributed by atoms with Gasteiger partial charge >= 0.3 is 0 Å². The Kier molecular flexibility index (Phi) is 3.44. The van der Waals surface area contributed by atoms with Gasteiger partial charge in [-0.25, -0.2) is 0 Å². The van der Waals surface area contributed by atoms with Crippen molar-refractivity contribution in [2.75, 3.05) is 13.1 Å². The molecule has 2 heterocycles. The van der Waals surface area contributed by atoms with E-state index in [1.165, 1.54) is 45.0 Å². The Morgan fingerprint density at radius 2 is 1.79 bits per heavy atom. The lowest BCUT2D eigenvalue weighted by molar-refractivity contribution is 0.445. The summed E-state index contributed by atoms with van der Waals surface area (Å²) in [6.45, 7) is 6.69. The van der Waals surface area contributed by atoms with Crippen molar-refractivity contribution in [3.63, 3.8) is 0 Å². The van der Waals surface area contributed by atoms with Crippen LogP contribution in [-0.4, -0.2) is 17.7 Å². The van der Waals surface area contributed by atoms with Crippen molar-refractivity contribution in [1.82, 2.24) is 9.88 Å². The molecular weight excluding hydrogens is 300 g/mol. The minimum atomic E-state index is 0.673. The Labute approximate surface area is 123 Å². The van der Waals surface area contributed by atoms with E-state index in [-0.39, 0.29) is 0 Å². The molecule has 3 rings (SSSR count). The fourth-order valence-corrected chi connectivity index (χ4v) is 4.54. The Bertz CT molecular complexity index is 576. The number of rotatable bonds is 1. The van der Waals surface area contributed by atoms with Crippen molar-refractivity contribution >= 4 is 26.8 Å². The molecule has 1 fully saturated rings. The second kappa shape index (κ2) is 4.95. The van der Waals surface area contributed by atoms with Gasteiger partial charge in [-0.05, 0) is 66.8 Å². The van der Waals surface area contributed by atoms with Crippen LogP contribution in [0.5, 0.6) is 0 Å². The van der Waals surface area contributed by atoms with Gasteiger partial charge in [-0.3, -0.25) is 0 Å². The average Bonchev–Trinajstić information content (AvgIpc) is 2.68. The Hall–Kier alpha value is -0.800. The predicted molar refractivity (Wildman–Crippen MR) is 84.9 cm³/mol. The van der Waals surface area contributed by atoms with Crippen molar-refractivity contribution in [2.24, 2.45) is 7.05 Å². The molecule has 102 valence electrons. The van der Waals surface area contributed by atoms with E-state index in [1.54, 1.807) is 0 Å². The first-order chi connectivity index (χ1) is 9.11. The standard InChI is InChI=1S/C16H21BrN2/c1-10-4-5-11(2)15-13(10)14(17)16(19(15)3)12-6-8-18-9-7-12/h4-5,12,18H,6-9H2,1-3H3. The summed E-state index contributed by atoms with van der Waals surface area (Å²) in [4.78, 5) is 0. The predicted octanol–water partition coefficient (Wildman–Crippen LogP) is 4.02. The molecule has 19 heavy (non-hydrogen) atoms. The molecule has 0 unspecified atom stereocenters. The maximum atomic E-state index is 3.88. The van der Waals surface area contributed by atoms with E-state index in [9.17, 15) is 0 Å². The molecule has 0 amide bonds. The highest BCUT2D eigenvalue weighted by atomic mass is 79.9. The highest BCUT2D eigenvalue weighted by Gasteiger charge is 2.24. The normalized spacial score (nSPS) is 17.3. The monoisotopic (exact) mass is 320 g/mol. The van der Waals surface area contributed by atoms with Crippen LogP contribution in [0.2, 0.25) is 0 Å². The molecule has 1 aromatic carbocycles. The molecule has 1 aromatic heterocycles. The average molecular weight is 321 g/mol. The Morgan fingerprint density at radius 1 is 1.16 bits per heavy atom. The molecule has 0 aliphatic carbocycles. The van der Waals surface area contributed by atoms with E-state index in [2.05, 4.69) is 58.8 Å². The molecule has 2 aromatic rings. The van der Waals surface area contributed by atoms with E-state index in [1.807, 2.05) is 0 Å². The van der Waals surface area contributed by atoms with Crippen LogP contribution in [0.3, 0.4) is 0 Å². The summed E-state index contributed by atoms with van der Waals surface area (Å²) in [6.07, 6.45) is 2.47. The number of benzene rings is 1. The SMILES string of the molecule is Cc1ccc(C)c2c1c(Br)c(C1CCNCC1)n2C. The smallest absolute Gasteiger partial charge is 0.0524 e. The molecule has 1 N–H and O–H groups in total. The van der Waals surface area contributed by atoms with Gasteiger partial charge < -0.3 is 9.88 Å². The van der Waals surface area contributed by atoms with Gasteiger partial charge in [0.15, 0.2) is 0 Å². The van der Waals surface area contributed by atoms with Crippen LogP contribution in [0.1, 0.15) is 35.6 Å². The van der Waals surface area contributed by atoms with Crippen LogP contribution in [0.4, 0.5) is 0 Å². The highest BCUT2D eigenvalue weighted by molar-refractivity contribution is 9.10. The number of nitrogens with one attached hydrogen (secondary N) is 1. The van der Waals surface area contributed by atoms with E-state index in [4.69, 9.17) is 0 Å². The zero-order valence-corrected chi connectivity index (χ0v) is 13.5. The molecular formula is C16H21BrN2. The van der Waals surface area contributed by atoms with Crippen LogP contribution in [0.25, 0.3) is 10.9 Å². The summed E-state index contributed by atoms with van der Waals surface area (Å²) in [5, 5.41) is 4.85. The van der Waals surface area contributed by atoms with E-state index in [0.717, 1.165) is 13.1 Å². The topological polar surface area (TPSA) is 17.0 Å². The number of hydrogen-bond donors (Lipinski definition) is 1. The number of aryl methyl sites for hydroxylation is 3. The van der Waals surface area contributed by atoms with Gasteiger partial charge in [0, 0.05) is 28.5 Å². The minimum Gasteiger partial charge on any atom is -0.346 e. The summed E-state index contributed by atoms with van der Waals surface area (Å²) >= 11 is 3.88. The largest absolute Gasteiger partial charge is 0.346 e. The highest BCUT2D eigenvalue weighted by Crippen LogP contribution is 2.40. The third-order valence-electron chi connectivity index (χ3n) is 4.45. The first-order valence-corrected chi connectivity index (χ1v) is 7.85. The lowest BCUT2D eigenvalue weighted by atomic mass is 9.94. The summed E-state index contributed by atoms with van der Waals surface area (Å²) in [5.41, 5.74) is 5.60. The van der Waals surface area contributed by atoms with Crippen LogP contribution in [-0.2, 0) is 7.05 Å². The van der Waals surface area contributed by atoms with E-state index in [0.29, 0.717) is 5.92 Å². The molecule has 2 nitrogen and oxygen atoms in total. The number of hydrogen-bond acceptors (Lipinski definition) is 1. The molecule has 1 aliphatic rings. The van der Waals surface area contributed by atoms with Gasteiger partial charge in [0.05, 0.1) is 5.52 Å².